The minimum atomic E-state index is 0.367. The van der Waals surface area contributed by atoms with E-state index in [1.807, 2.05) is 0 Å². The molecule has 0 amide bonds. The van der Waals surface area contributed by atoms with E-state index in [4.69, 9.17) is 13.5 Å². The fraction of sp³-hybridized carbons (Fsp3) is 0.955. The molecule has 3 nitrogen and oxygen atoms in total. The average molecular weight is 719 g/mol. The molecular formula is C44H94O3Ti. The van der Waals surface area contributed by atoms with Crippen LogP contribution in [0.1, 0.15) is 259 Å². The Bertz CT molecular complexity index is 361. The van der Waals surface area contributed by atoms with E-state index in [1.54, 1.807) is 0 Å². The predicted molar refractivity (Wildman–Crippen MR) is 214 cm³/mol. The summed E-state index contributed by atoms with van der Waals surface area (Å²) in [4.78, 5) is 0. The van der Waals surface area contributed by atoms with Crippen LogP contribution < -0.4 is 0 Å². The van der Waals surface area contributed by atoms with E-state index in [0.717, 1.165) is 46.1 Å². The summed E-state index contributed by atoms with van der Waals surface area (Å²) in [6, 6.07) is 0. The molecule has 0 rings (SSSR count). The molecule has 4 heteroatoms. The molecule has 0 atom stereocenters. The monoisotopic (exact) mass is 719 g/mol. The summed E-state index contributed by atoms with van der Waals surface area (Å²) < 4.78 is 8.25. The third-order valence-electron chi connectivity index (χ3n) is 8.73. The standard InChI is InChI=1S/2C14H29.2C8H18O.O.Ti/c2*1-3-5-7-9-11-13-14-12-10-8-6-4-2;2*1-2-3-4-5-6-7-8-9;;/h2*1,3-14H2,2H3;2*9H,2-8H2,1H3;;/q2*-1;;;;+2. The van der Waals surface area contributed by atoms with Gasteiger partial charge in [0.05, 0.1) is 0 Å². The summed E-state index contributed by atoms with van der Waals surface area (Å²) in [6.07, 6.45) is 48.7. The van der Waals surface area contributed by atoms with Crippen molar-refractivity contribution in [1.82, 2.24) is 0 Å². The number of rotatable bonds is 34. The van der Waals surface area contributed by atoms with Gasteiger partial charge in [-0.3, -0.25) is 0 Å². The van der Waals surface area contributed by atoms with Crippen molar-refractivity contribution in [1.29, 1.82) is 0 Å². The zero-order valence-corrected chi connectivity index (χ0v) is 35.6. The molecule has 2 N–H and O–H groups in total. The molecule has 0 aromatic heterocycles. The van der Waals surface area contributed by atoms with Crippen molar-refractivity contribution in [3.8, 4) is 0 Å². The van der Waals surface area contributed by atoms with Crippen molar-refractivity contribution in [2.75, 3.05) is 13.2 Å². The Morgan fingerprint density at radius 3 is 0.583 bits per heavy atom. The molecule has 0 bridgehead atoms. The summed E-state index contributed by atoms with van der Waals surface area (Å²) in [6.45, 7) is 17.4. The molecule has 0 aliphatic heterocycles. The molecule has 0 spiro atoms. The van der Waals surface area contributed by atoms with Crippen LogP contribution in [0.2, 0.25) is 0 Å². The maximum atomic E-state index is 8.42. The Morgan fingerprint density at radius 1 is 0.292 bits per heavy atom. The van der Waals surface area contributed by atoms with E-state index < -0.39 is 0 Å². The van der Waals surface area contributed by atoms with Crippen molar-refractivity contribution in [3.05, 3.63) is 13.8 Å². The zero-order valence-electron chi connectivity index (χ0n) is 34.1. The van der Waals surface area contributed by atoms with Crippen molar-refractivity contribution >= 4 is 0 Å². The number of aliphatic hydroxyl groups excluding tert-OH is 2. The summed E-state index contributed by atoms with van der Waals surface area (Å²) in [7, 11) is 0. The van der Waals surface area contributed by atoms with E-state index in [9.17, 15) is 0 Å². The van der Waals surface area contributed by atoms with Gasteiger partial charge in [0, 0.05) is 13.2 Å². The molecule has 0 unspecified atom stereocenters. The van der Waals surface area contributed by atoms with Crippen LogP contribution in [0.15, 0.2) is 0 Å². The quantitative estimate of drug-likeness (QED) is 0.0396. The number of aliphatic hydroxyl groups is 2. The summed E-state index contributed by atoms with van der Waals surface area (Å²) in [5, 5.41) is 16.8. The second-order valence-corrected chi connectivity index (χ2v) is 13.8. The van der Waals surface area contributed by atoms with Crippen LogP contribution >= 0.6 is 0 Å². The van der Waals surface area contributed by atoms with Crippen LogP contribution in [0.3, 0.4) is 0 Å². The Balaban J connectivity index is -0.000000172. The molecule has 0 aliphatic carbocycles. The van der Waals surface area contributed by atoms with Crippen LogP contribution in [0.5, 0.6) is 0 Å². The van der Waals surface area contributed by atoms with Crippen LogP contribution in [-0.2, 0) is 23.7 Å². The van der Waals surface area contributed by atoms with Gasteiger partial charge in [-0.05, 0) is 12.8 Å². The molecule has 0 aromatic carbocycles. The number of unbranched alkanes of at least 4 members (excludes halogenated alkanes) is 32. The second-order valence-electron chi connectivity index (χ2n) is 13.8. The molecular weight excluding hydrogens is 624 g/mol. The Hall–Kier alpha value is 0.434. The zero-order chi connectivity index (χ0) is 36.9. The van der Waals surface area contributed by atoms with Crippen LogP contribution in [0.4, 0.5) is 0 Å². The molecule has 48 heavy (non-hydrogen) atoms. The fourth-order valence-electron chi connectivity index (χ4n) is 5.47. The van der Waals surface area contributed by atoms with Gasteiger partial charge in [-0.15, -0.1) is 0 Å². The van der Waals surface area contributed by atoms with E-state index in [1.165, 1.54) is 205 Å². The molecule has 0 saturated heterocycles. The van der Waals surface area contributed by atoms with E-state index >= 15 is 0 Å². The first-order valence-corrected chi connectivity index (χ1v) is 22.3. The van der Waals surface area contributed by atoms with Gasteiger partial charge in [-0.1, -0.05) is 233 Å². The second kappa shape index (κ2) is 69.2. The van der Waals surface area contributed by atoms with Gasteiger partial charge in [0.2, 0.25) is 0 Å². The molecule has 0 aliphatic rings. The van der Waals surface area contributed by atoms with Crippen molar-refractivity contribution in [2.24, 2.45) is 0 Å². The van der Waals surface area contributed by atoms with Gasteiger partial charge in [0.1, 0.15) is 0 Å². The minimum absolute atomic E-state index is 0.367. The number of hydrogen-bond acceptors (Lipinski definition) is 3. The summed E-state index contributed by atoms with van der Waals surface area (Å²) in [5.74, 6) is 0. The first-order chi connectivity index (χ1) is 23.7. The SMILES string of the molecule is CCCCCCCCO.CCCCCCCCO.[CH2-]CCCCCCCCCCCCC.[CH2-]CCCCCCCCCCCCC.[O]=[Ti+2]. The first-order valence-electron chi connectivity index (χ1n) is 21.7. The molecule has 0 heterocycles. The molecule has 292 valence electrons. The molecule has 0 saturated carbocycles. The van der Waals surface area contributed by atoms with Gasteiger partial charge >= 0.3 is 23.7 Å². The first kappa shape index (κ1) is 57.8. The van der Waals surface area contributed by atoms with Crippen LogP contribution in [0, 0.1) is 13.8 Å². The van der Waals surface area contributed by atoms with Crippen molar-refractivity contribution in [3.63, 3.8) is 0 Å². The Labute approximate surface area is 318 Å². The number of hydrogen-bond donors (Lipinski definition) is 2. The van der Waals surface area contributed by atoms with Crippen LogP contribution in [-0.4, -0.2) is 23.4 Å². The summed E-state index contributed by atoms with van der Waals surface area (Å²) >= 11 is 0.750. The van der Waals surface area contributed by atoms with Gasteiger partial charge < -0.3 is 24.1 Å². The predicted octanol–water partition coefficient (Wildman–Crippen LogP) is 15.6. The summed E-state index contributed by atoms with van der Waals surface area (Å²) in [5.41, 5.74) is 0. The van der Waals surface area contributed by atoms with Crippen molar-refractivity contribution in [2.45, 2.75) is 259 Å². The Kier molecular flexibility index (Phi) is 83.3. The van der Waals surface area contributed by atoms with E-state index in [2.05, 4.69) is 41.5 Å². The van der Waals surface area contributed by atoms with Gasteiger partial charge in [0.25, 0.3) is 0 Å². The van der Waals surface area contributed by atoms with E-state index in [0.29, 0.717) is 13.2 Å². The maximum absolute atomic E-state index is 8.42. The third kappa shape index (κ3) is 80.8. The molecule has 0 aromatic rings. The third-order valence-corrected chi connectivity index (χ3v) is 8.73. The Morgan fingerprint density at radius 2 is 0.438 bits per heavy atom. The van der Waals surface area contributed by atoms with E-state index in [-0.39, 0.29) is 0 Å². The van der Waals surface area contributed by atoms with Crippen molar-refractivity contribution < 1.29 is 33.9 Å². The topological polar surface area (TPSA) is 57.5 Å². The van der Waals surface area contributed by atoms with Gasteiger partial charge in [-0.25, -0.2) is 0 Å². The normalized spacial score (nSPS) is 10.1. The van der Waals surface area contributed by atoms with Gasteiger partial charge in [0.15, 0.2) is 0 Å². The fourth-order valence-corrected chi connectivity index (χ4v) is 5.47. The average Bonchev–Trinajstić information content (AvgIpc) is 3.11. The van der Waals surface area contributed by atoms with Gasteiger partial charge in [-0.2, -0.15) is 12.8 Å². The molecule has 0 radical (unpaired) electrons. The van der Waals surface area contributed by atoms with Crippen LogP contribution in [0.25, 0.3) is 0 Å². The molecule has 0 fully saturated rings.